The molecule has 94 valence electrons. The fourth-order valence-corrected chi connectivity index (χ4v) is 2.20. The number of nitrogens with zero attached hydrogens (tertiary/aromatic N) is 2. The van der Waals surface area contributed by atoms with Gasteiger partial charge in [-0.15, -0.1) is 0 Å². The molecule has 2 aromatic heterocycles. The monoisotopic (exact) mass is 266 g/mol. The normalized spacial score (nSPS) is 11.3. The van der Waals surface area contributed by atoms with E-state index >= 15 is 0 Å². The number of nitrogens with one attached hydrogen (secondary N) is 2. The maximum atomic E-state index is 11.8. The van der Waals surface area contributed by atoms with Crippen LogP contribution < -0.4 is 10.3 Å². The number of H-pyrrole nitrogens is 1. The van der Waals surface area contributed by atoms with E-state index in [0.29, 0.717) is 5.69 Å². The number of aromatic nitrogens is 3. The van der Waals surface area contributed by atoms with Gasteiger partial charge in [0.2, 0.25) is 15.6 Å². The molecule has 18 heavy (non-hydrogen) atoms. The van der Waals surface area contributed by atoms with E-state index in [1.807, 2.05) is 0 Å². The van der Waals surface area contributed by atoms with Gasteiger partial charge in [-0.3, -0.25) is 4.79 Å². The number of hydrogen-bond acceptors (Lipinski definition) is 5. The Labute approximate surface area is 103 Å². The van der Waals surface area contributed by atoms with Crippen LogP contribution in [0.3, 0.4) is 0 Å². The fourth-order valence-electron chi connectivity index (χ4n) is 1.24. The third-order valence-electron chi connectivity index (χ3n) is 2.15. The number of sulfonamides is 1. The molecule has 0 bridgehead atoms. The first kappa shape index (κ1) is 12.4. The number of rotatable bonds is 4. The van der Waals surface area contributed by atoms with Gasteiger partial charge in [-0.05, 0) is 12.1 Å². The number of pyridine rings is 1. The van der Waals surface area contributed by atoms with Crippen molar-refractivity contribution in [1.82, 2.24) is 19.7 Å². The van der Waals surface area contributed by atoms with Crippen molar-refractivity contribution in [2.75, 3.05) is 0 Å². The van der Waals surface area contributed by atoms with Crippen LogP contribution in [0.2, 0.25) is 0 Å². The van der Waals surface area contributed by atoms with Crippen LogP contribution in [0.25, 0.3) is 0 Å². The summed E-state index contributed by atoms with van der Waals surface area (Å²) < 4.78 is 26.1. The lowest BCUT2D eigenvalue weighted by molar-refractivity contribution is 0.580. The predicted octanol–water partition coefficient (Wildman–Crippen LogP) is -0.357. The van der Waals surface area contributed by atoms with Crippen molar-refractivity contribution in [1.29, 1.82) is 0 Å². The summed E-state index contributed by atoms with van der Waals surface area (Å²) >= 11 is 0. The predicted molar refractivity (Wildman–Crippen MR) is 63.1 cm³/mol. The molecule has 2 heterocycles. The van der Waals surface area contributed by atoms with Crippen molar-refractivity contribution in [2.45, 2.75) is 11.4 Å². The van der Waals surface area contributed by atoms with Crippen molar-refractivity contribution >= 4 is 10.0 Å². The van der Waals surface area contributed by atoms with E-state index in [1.54, 1.807) is 6.07 Å². The van der Waals surface area contributed by atoms with Crippen molar-refractivity contribution in [3.63, 3.8) is 0 Å². The van der Waals surface area contributed by atoms with E-state index in [2.05, 4.69) is 19.7 Å². The van der Waals surface area contributed by atoms with E-state index in [9.17, 15) is 13.2 Å². The van der Waals surface area contributed by atoms with Gasteiger partial charge in [-0.1, -0.05) is 0 Å². The van der Waals surface area contributed by atoms with Crippen molar-refractivity contribution in [3.05, 3.63) is 53.0 Å². The van der Waals surface area contributed by atoms with Crippen molar-refractivity contribution in [3.8, 4) is 0 Å². The molecule has 2 aromatic rings. The minimum Gasteiger partial charge on any atom is -0.328 e. The van der Waals surface area contributed by atoms with Crippen LogP contribution in [0.15, 0.2) is 46.6 Å². The lowest BCUT2D eigenvalue weighted by Crippen LogP contribution is -2.24. The minimum absolute atomic E-state index is 0.00356. The molecule has 0 aliphatic carbocycles. The quantitative estimate of drug-likeness (QED) is 0.786. The van der Waals surface area contributed by atoms with Gasteiger partial charge < -0.3 is 4.98 Å². The standard InChI is InChI=1S/C10H10N4O3S/c15-10-2-1-9(6-12-10)18(16,17)14-5-8-3-4-11-7-13-8/h1-4,6-7,14H,5H2,(H,12,15). The van der Waals surface area contributed by atoms with E-state index in [-0.39, 0.29) is 17.0 Å². The minimum atomic E-state index is -3.66. The fraction of sp³-hybridized carbons (Fsp3) is 0.100. The molecular formula is C10H10N4O3S. The zero-order chi connectivity index (χ0) is 13.0. The molecule has 0 radical (unpaired) electrons. The van der Waals surface area contributed by atoms with Gasteiger partial charge in [0.1, 0.15) is 6.33 Å². The van der Waals surface area contributed by atoms with Crippen LogP contribution in [0.5, 0.6) is 0 Å². The van der Waals surface area contributed by atoms with Crippen LogP contribution in [0.4, 0.5) is 0 Å². The molecule has 0 saturated carbocycles. The first-order chi connectivity index (χ1) is 8.58. The van der Waals surface area contributed by atoms with Gasteiger partial charge in [0.15, 0.2) is 0 Å². The van der Waals surface area contributed by atoms with Gasteiger partial charge >= 0.3 is 0 Å². The third-order valence-corrected chi connectivity index (χ3v) is 3.55. The summed E-state index contributed by atoms with van der Waals surface area (Å²) in [6, 6.07) is 4.00. The first-order valence-electron chi connectivity index (χ1n) is 5.01. The first-order valence-corrected chi connectivity index (χ1v) is 6.49. The lowest BCUT2D eigenvalue weighted by atomic mass is 10.4. The van der Waals surface area contributed by atoms with Gasteiger partial charge in [-0.2, -0.15) is 0 Å². The smallest absolute Gasteiger partial charge is 0.247 e. The highest BCUT2D eigenvalue weighted by Gasteiger charge is 2.13. The second kappa shape index (κ2) is 5.07. The molecule has 0 saturated heterocycles. The molecule has 2 N–H and O–H groups in total. The van der Waals surface area contributed by atoms with E-state index in [1.165, 1.54) is 18.6 Å². The Morgan fingerprint density at radius 3 is 2.72 bits per heavy atom. The molecular weight excluding hydrogens is 256 g/mol. The summed E-state index contributed by atoms with van der Waals surface area (Å²) in [5.41, 5.74) is 0.197. The van der Waals surface area contributed by atoms with Crippen LogP contribution in [0.1, 0.15) is 5.69 Å². The average Bonchev–Trinajstić information content (AvgIpc) is 2.38. The Morgan fingerprint density at radius 2 is 2.11 bits per heavy atom. The van der Waals surface area contributed by atoms with Gasteiger partial charge in [-0.25, -0.2) is 23.1 Å². The molecule has 0 aromatic carbocycles. The maximum Gasteiger partial charge on any atom is 0.247 e. The highest BCUT2D eigenvalue weighted by atomic mass is 32.2. The molecule has 8 heteroatoms. The summed E-state index contributed by atoms with van der Waals surface area (Å²) in [6.45, 7) is 0.0595. The second-order valence-corrected chi connectivity index (χ2v) is 5.18. The van der Waals surface area contributed by atoms with Gasteiger partial charge in [0.25, 0.3) is 0 Å². The zero-order valence-corrected chi connectivity index (χ0v) is 10.0. The molecule has 0 aliphatic rings. The topological polar surface area (TPSA) is 105 Å². The van der Waals surface area contributed by atoms with Crippen LogP contribution in [-0.4, -0.2) is 23.4 Å². The average molecular weight is 266 g/mol. The highest BCUT2D eigenvalue weighted by Crippen LogP contribution is 2.04. The largest absolute Gasteiger partial charge is 0.328 e. The van der Waals surface area contributed by atoms with Crippen molar-refractivity contribution in [2.24, 2.45) is 0 Å². The van der Waals surface area contributed by atoms with Gasteiger partial charge in [0, 0.05) is 18.5 Å². The zero-order valence-electron chi connectivity index (χ0n) is 9.20. The Kier molecular flexibility index (Phi) is 3.49. The summed E-state index contributed by atoms with van der Waals surface area (Å²) in [5, 5.41) is 0. The molecule has 7 nitrogen and oxygen atoms in total. The highest BCUT2D eigenvalue weighted by molar-refractivity contribution is 7.89. The second-order valence-electron chi connectivity index (χ2n) is 3.41. The molecule has 2 rings (SSSR count). The summed E-state index contributed by atoms with van der Waals surface area (Å²) in [7, 11) is -3.66. The third kappa shape index (κ3) is 2.99. The van der Waals surface area contributed by atoms with E-state index < -0.39 is 10.0 Å². The van der Waals surface area contributed by atoms with Crippen molar-refractivity contribution < 1.29 is 8.42 Å². The Hall–Kier alpha value is -2.06. The number of aromatic amines is 1. The van der Waals surface area contributed by atoms with E-state index in [4.69, 9.17) is 0 Å². The Bertz CT molecular complexity index is 661. The molecule has 0 unspecified atom stereocenters. The molecule has 0 atom stereocenters. The van der Waals surface area contributed by atoms with Gasteiger partial charge in [0.05, 0.1) is 17.1 Å². The Balaban J connectivity index is 2.13. The molecule has 0 fully saturated rings. The molecule has 0 amide bonds. The SMILES string of the molecule is O=c1ccc(S(=O)(=O)NCc2ccncn2)c[nH]1. The van der Waals surface area contributed by atoms with Crippen LogP contribution in [-0.2, 0) is 16.6 Å². The number of hydrogen-bond donors (Lipinski definition) is 2. The summed E-state index contributed by atoms with van der Waals surface area (Å²) in [6.07, 6.45) is 4.00. The Morgan fingerprint density at radius 1 is 1.28 bits per heavy atom. The molecule has 0 aliphatic heterocycles. The maximum absolute atomic E-state index is 11.8. The van der Waals surface area contributed by atoms with Crippen LogP contribution >= 0.6 is 0 Å². The van der Waals surface area contributed by atoms with E-state index in [0.717, 1.165) is 12.3 Å². The summed E-state index contributed by atoms with van der Waals surface area (Å²) in [4.78, 5) is 20.8. The van der Waals surface area contributed by atoms with Crippen LogP contribution in [0, 0.1) is 0 Å². The summed E-state index contributed by atoms with van der Waals surface area (Å²) in [5.74, 6) is 0. The molecule has 0 spiro atoms. The lowest BCUT2D eigenvalue weighted by Gasteiger charge is -2.05.